The summed E-state index contributed by atoms with van der Waals surface area (Å²) in [6.07, 6.45) is 0.764. The van der Waals surface area contributed by atoms with E-state index in [-0.39, 0.29) is 12.2 Å². The first kappa shape index (κ1) is 14.7. The van der Waals surface area contributed by atoms with Crippen molar-refractivity contribution in [3.63, 3.8) is 0 Å². The number of aliphatic hydroxyl groups is 1. The number of fused-ring (bicyclic) bond motifs is 1. The van der Waals surface area contributed by atoms with Gasteiger partial charge in [0.15, 0.2) is 0 Å². The number of benzene rings is 1. The number of nitrogens with zero attached hydrogens (tertiary/aromatic N) is 2. The lowest BCUT2D eigenvalue weighted by Gasteiger charge is -2.27. The van der Waals surface area contributed by atoms with Crippen molar-refractivity contribution >= 4 is 5.95 Å². The molecule has 0 amide bonds. The van der Waals surface area contributed by atoms with Crippen molar-refractivity contribution in [1.82, 2.24) is 14.9 Å². The Morgan fingerprint density at radius 1 is 1.32 bits per heavy atom. The Balaban J connectivity index is 1.74. The Morgan fingerprint density at radius 2 is 2.14 bits per heavy atom. The Hall–Kier alpha value is -2.18. The molecule has 0 atom stereocenters. The van der Waals surface area contributed by atoms with Crippen LogP contribution in [0.2, 0.25) is 0 Å². The molecule has 0 saturated heterocycles. The zero-order chi connectivity index (χ0) is 15.4. The number of H-pyrrole nitrogens is 1. The Morgan fingerprint density at radius 3 is 2.91 bits per heavy atom. The van der Waals surface area contributed by atoms with Crippen LogP contribution in [0.4, 0.5) is 5.95 Å². The van der Waals surface area contributed by atoms with Crippen LogP contribution in [0, 0.1) is 0 Å². The number of aromatic nitrogens is 2. The van der Waals surface area contributed by atoms with E-state index in [4.69, 9.17) is 5.11 Å². The highest BCUT2D eigenvalue weighted by atomic mass is 16.3. The van der Waals surface area contributed by atoms with E-state index < -0.39 is 0 Å². The summed E-state index contributed by atoms with van der Waals surface area (Å²) in [5, 5.41) is 11.7. The predicted molar refractivity (Wildman–Crippen MR) is 84.7 cm³/mol. The zero-order valence-electron chi connectivity index (χ0n) is 12.4. The molecule has 2 heterocycles. The molecule has 3 rings (SSSR count). The van der Waals surface area contributed by atoms with Gasteiger partial charge in [0, 0.05) is 32.6 Å². The highest BCUT2D eigenvalue weighted by Crippen LogP contribution is 2.17. The van der Waals surface area contributed by atoms with Crippen LogP contribution < -0.4 is 10.9 Å². The molecule has 6 nitrogen and oxygen atoms in total. The lowest BCUT2D eigenvalue weighted by Crippen LogP contribution is -2.35. The molecule has 1 aliphatic rings. The molecule has 0 saturated carbocycles. The van der Waals surface area contributed by atoms with E-state index in [1.54, 1.807) is 0 Å². The van der Waals surface area contributed by atoms with Crippen LogP contribution >= 0.6 is 0 Å². The fourth-order valence-corrected chi connectivity index (χ4v) is 2.72. The zero-order valence-corrected chi connectivity index (χ0v) is 12.4. The van der Waals surface area contributed by atoms with Gasteiger partial charge in [0.25, 0.3) is 5.56 Å². The molecule has 0 spiro atoms. The second-order valence-electron chi connectivity index (χ2n) is 5.44. The maximum atomic E-state index is 12.2. The molecule has 116 valence electrons. The monoisotopic (exact) mass is 300 g/mol. The average Bonchev–Trinajstić information content (AvgIpc) is 2.54. The van der Waals surface area contributed by atoms with Crippen LogP contribution in [0.15, 0.2) is 35.1 Å². The van der Waals surface area contributed by atoms with E-state index in [1.165, 1.54) is 5.56 Å². The van der Waals surface area contributed by atoms with Crippen LogP contribution in [-0.2, 0) is 19.5 Å². The predicted octanol–water partition coefficient (Wildman–Crippen LogP) is 0.732. The van der Waals surface area contributed by atoms with Crippen molar-refractivity contribution in [1.29, 1.82) is 0 Å². The molecule has 1 aliphatic heterocycles. The van der Waals surface area contributed by atoms with Gasteiger partial charge in [0.05, 0.1) is 17.9 Å². The summed E-state index contributed by atoms with van der Waals surface area (Å²) < 4.78 is 0. The molecular formula is C16H20N4O2. The van der Waals surface area contributed by atoms with Gasteiger partial charge in [-0.25, -0.2) is 4.98 Å². The number of hydrogen-bond acceptors (Lipinski definition) is 5. The summed E-state index contributed by atoms with van der Waals surface area (Å²) in [5.41, 5.74) is 2.75. The van der Waals surface area contributed by atoms with Gasteiger partial charge in [-0.3, -0.25) is 14.7 Å². The van der Waals surface area contributed by atoms with Crippen molar-refractivity contribution in [2.45, 2.75) is 19.5 Å². The van der Waals surface area contributed by atoms with Crippen molar-refractivity contribution < 1.29 is 5.11 Å². The Bertz CT molecular complexity index is 684. The smallest absolute Gasteiger partial charge is 0.257 e. The van der Waals surface area contributed by atoms with Gasteiger partial charge in [-0.05, 0) is 5.56 Å². The summed E-state index contributed by atoms with van der Waals surface area (Å²) in [5.74, 6) is 0.439. The molecule has 0 aliphatic carbocycles. The van der Waals surface area contributed by atoms with E-state index in [2.05, 4.69) is 32.3 Å². The fourth-order valence-electron chi connectivity index (χ4n) is 2.72. The highest BCUT2D eigenvalue weighted by Gasteiger charge is 2.21. The SMILES string of the molecule is O=c1[nH]c(NCCO)nc2c1CN(Cc1ccccc1)CC2. The third kappa shape index (κ3) is 3.35. The van der Waals surface area contributed by atoms with Crippen molar-refractivity contribution in [2.75, 3.05) is 25.0 Å². The number of hydrogen-bond donors (Lipinski definition) is 3. The molecular weight excluding hydrogens is 280 g/mol. The first-order chi connectivity index (χ1) is 10.8. The van der Waals surface area contributed by atoms with Crippen molar-refractivity contribution in [3.8, 4) is 0 Å². The number of rotatable bonds is 5. The second-order valence-corrected chi connectivity index (χ2v) is 5.44. The largest absolute Gasteiger partial charge is 0.395 e. The van der Waals surface area contributed by atoms with Gasteiger partial charge in [-0.15, -0.1) is 0 Å². The standard InChI is InChI=1S/C16H20N4O2/c21-9-7-17-16-18-14-6-8-20(11-13(14)15(22)19-16)10-12-4-2-1-3-5-12/h1-5,21H,6-11H2,(H2,17,18,19,22). The Kier molecular flexibility index (Phi) is 4.50. The van der Waals surface area contributed by atoms with Crippen molar-refractivity contribution in [2.24, 2.45) is 0 Å². The molecule has 3 N–H and O–H groups in total. The molecule has 2 aromatic rings. The van der Waals surface area contributed by atoms with Crippen LogP contribution in [0.3, 0.4) is 0 Å². The summed E-state index contributed by atoms with van der Waals surface area (Å²) in [6.45, 7) is 2.72. The molecule has 0 radical (unpaired) electrons. The van der Waals surface area contributed by atoms with Gasteiger partial charge < -0.3 is 10.4 Å². The molecule has 0 unspecified atom stereocenters. The van der Waals surface area contributed by atoms with Gasteiger partial charge in [-0.2, -0.15) is 0 Å². The number of nitrogens with one attached hydrogen (secondary N) is 2. The van der Waals surface area contributed by atoms with E-state index in [0.717, 1.165) is 30.8 Å². The van der Waals surface area contributed by atoms with Gasteiger partial charge in [-0.1, -0.05) is 30.3 Å². The molecule has 1 aromatic carbocycles. The normalized spacial score (nSPS) is 14.6. The molecule has 22 heavy (non-hydrogen) atoms. The summed E-state index contributed by atoms with van der Waals surface area (Å²) in [7, 11) is 0. The topological polar surface area (TPSA) is 81.2 Å². The highest BCUT2D eigenvalue weighted by molar-refractivity contribution is 5.31. The molecule has 6 heteroatoms. The van der Waals surface area contributed by atoms with Crippen LogP contribution in [-0.4, -0.2) is 39.7 Å². The Labute approximate surface area is 128 Å². The maximum absolute atomic E-state index is 12.2. The van der Waals surface area contributed by atoms with E-state index >= 15 is 0 Å². The van der Waals surface area contributed by atoms with Gasteiger partial charge in [0.2, 0.25) is 5.95 Å². The maximum Gasteiger partial charge on any atom is 0.257 e. The van der Waals surface area contributed by atoms with E-state index in [0.29, 0.717) is 19.0 Å². The third-order valence-corrected chi connectivity index (χ3v) is 3.80. The quantitative estimate of drug-likeness (QED) is 0.758. The minimum Gasteiger partial charge on any atom is -0.395 e. The van der Waals surface area contributed by atoms with Crippen molar-refractivity contribution in [3.05, 3.63) is 57.5 Å². The second kappa shape index (κ2) is 6.72. The fraction of sp³-hybridized carbons (Fsp3) is 0.375. The average molecular weight is 300 g/mol. The first-order valence-electron chi connectivity index (χ1n) is 7.49. The number of aliphatic hydroxyl groups excluding tert-OH is 1. The first-order valence-corrected chi connectivity index (χ1v) is 7.49. The van der Waals surface area contributed by atoms with E-state index in [9.17, 15) is 4.79 Å². The minimum atomic E-state index is -0.0943. The van der Waals surface area contributed by atoms with Crippen LogP contribution in [0.25, 0.3) is 0 Å². The summed E-state index contributed by atoms with van der Waals surface area (Å²) in [6, 6.07) is 10.3. The molecule has 0 bridgehead atoms. The van der Waals surface area contributed by atoms with Crippen LogP contribution in [0.1, 0.15) is 16.8 Å². The summed E-state index contributed by atoms with van der Waals surface area (Å²) >= 11 is 0. The van der Waals surface area contributed by atoms with Crippen LogP contribution in [0.5, 0.6) is 0 Å². The van der Waals surface area contributed by atoms with Gasteiger partial charge in [0.1, 0.15) is 0 Å². The van der Waals surface area contributed by atoms with E-state index in [1.807, 2.05) is 18.2 Å². The summed E-state index contributed by atoms with van der Waals surface area (Å²) in [4.78, 5) is 21.7. The minimum absolute atomic E-state index is 0.00560. The third-order valence-electron chi connectivity index (χ3n) is 3.80. The lowest BCUT2D eigenvalue weighted by molar-refractivity contribution is 0.242. The molecule has 1 aromatic heterocycles. The lowest BCUT2D eigenvalue weighted by atomic mass is 10.1. The number of aromatic amines is 1. The number of anilines is 1. The molecule has 0 fully saturated rings. The van der Waals surface area contributed by atoms with Gasteiger partial charge >= 0.3 is 0 Å².